The first kappa shape index (κ1) is 8.98. The molecule has 0 spiro atoms. The summed E-state index contributed by atoms with van der Waals surface area (Å²) in [7, 11) is 0. The van der Waals surface area contributed by atoms with Gasteiger partial charge in [0, 0.05) is 27.3 Å². The summed E-state index contributed by atoms with van der Waals surface area (Å²) in [5.41, 5.74) is 0. The zero-order valence-electron chi connectivity index (χ0n) is 2.77. The first-order valence-electron chi connectivity index (χ1n) is 0.781. The topological polar surface area (TPSA) is 37.3 Å². The number of hydrogen-bond donors (Lipinski definition) is 1. The van der Waals surface area contributed by atoms with Gasteiger partial charge in [-0.3, -0.25) is 11.7 Å². The minimum absolute atomic E-state index is 0. The van der Waals surface area contributed by atoms with Crippen LogP contribution in [0.4, 0.5) is 0 Å². The summed E-state index contributed by atoms with van der Waals surface area (Å²) in [5.74, 6) is -1.08. The summed E-state index contributed by atoms with van der Waals surface area (Å²) in [4.78, 5) is 8.89. The Labute approximate surface area is 50.3 Å². The monoisotopic (exact) mass is 173 g/mol. The molecule has 0 atom stereocenters. The largest absolute Gasteiger partial charge is 0.503 e. The van der Waals surface area contributed by atoms with E-state index in [9.17, 15) is 0 Å². The van der Waals surface area contributed by atoms with E-state index < -0.39 is 5.97 Å². The predicted octanol–water partition coefficient (Wildman–Crippen LogP) is -0.0974. The average Bonchev–Trinajstić information content (AvgIpc) is 0.811. The van der Waals surface area contributed by atoms with Gasteiger partial charge in [-0.05, 0) is 0 Å². The van der Waals surface area contributed by atoms with Crippen LogP contribution in [-0.4, -0.2) is 11.1 Å². The standard InChI is InChI=1S/C2H3O2.Cd/c1-2(3)4;/h1H2,(H,3,4);/q-1;. The smallest absolute Gasteiger partial charge is 0.161 e. The van der Waals surface area contributed by atoms with Gasteiger partial charge in [0.1, 0.15) is 0 Å². The van der Waals surface area contributed by atoms with Crippen LogP contribution < -0.4 is 0 Å². The maximum atomic E-state index is 8.89. The van der Waals surface area contributed by atoms with Gasteiger partial charge in [0.25, 0.3) is 0 Å². The van der Waals surface area contributed by atoms with E-state index >= 15 is 0 Å². The number of carbonyl (C=O) groups is 1. The molecule has 2 nitrogen and oxygen atoms in total. The van der Waals surface area contributed by atoms with Gasteiger partial charge in [-0.15, -0.1) is 0 Å². The van der Waals surface area contributed by atoms with Crippen LogP contribution >= 0.6 is 0 Å². The molecule has 0 aromatic rings. The molecule has 0 aliphatic carbocycles. The first-order valence-corrected chi connectivity index (χ1v) is 0.781. The number of rotatable bonds is 0. The van der Waals surface area contributed by atoms with Crippen LogP contribution in [0.1, 0.15) is 0 Å². The molecule has 1 N–H and O–H groups in total. The Kier molecular flexibility index (Phi) is 7.66. The molecule has 5 heavy (non-hydrogen) atoms. The molecular formula is C2H3CdO2-. The van der Waals surface area contributed by atoms with Crippen molar-refractivity contribution in [3.63, 3.8) is 0 Å². The van der Waals surface area contributed by atoms with Crippen molar-refractivity contribution in [3.05, 3.63) is 6.92 Å². The minimum atomic E-state index is -1.08. The molecule has 0 heterocycles. The number of aliphatic carboxylic acids is 1. The summed E-state index contributed by atoms with van der Waals surface area (Å²) in [6.07, 6.45) is 0. The van der Waals surface area contributed by atoms with E-state index in [1.807, 2.05) is 0 Å². The van der Waals surface area contributed by atoms with Crippen molar-refractivity contribution < 1.29 is 37.2 Å². The van der Waals surface area contributed by atoms with Crippen LogP contribution in [0.3, 0.4) is 0 Å². The quantitative estimate of drug-likeness (QED) is 0.408. The van der Waals surface area contributed by atoms with Crippen molar-refractivity contribution in [1.82, 2.24) is 0 Å². The van der Waals surface area contributed by atoms with Crippen molar-refractivity contribution in [1.29, 1.82) is 0 Å². The zero-order chi connectivity index (χ0) is 3.58. The van der Waals surface area contributed by atoms with Gasteiger partial charge in [0.2, 0.25) is 0 Å². The summed E-state index contributed by atoms with van der Waals surface area (Å²) < 4.78 is 0. The SMILES string of the molecule is [CH2-]C(=O)O.[Cd]. The normalized spacial score (nSPS) is 4.80. The van der Waals surface area contributed by atoms with E-state index in [1.54, 1.807) is 0 Å². The van der Waals surface area contributed by atoms with E-state index in [2.05, 4.69) is 6.92 Å². The third-order valence-corrected chi connectivity index (χ3v) is 0. The Morgan fingerprint density at radius 3 is 1.80 bits per heavy atom. The first-order chi connectivity index (χ1) is 1.73. The van der Waals surface area contributed by atoms with Gasteiger partial charge in [0.15, 0.2) is 5.97 Å². The third kappa shape index (κ3) is 318. The van der Waals surface area contributed by atoms with Crippen molar-refractivity contribution >= 4 is 5.97 Å². The molecular weight excluding hydrogens is 168 g/mol. The molecule has 0 rings (SSSR count). The van der Waals surface area contributed by atoms with Crippen LogP contribution in [0.2, 0.25) is 0 Å². The van der Waals surface area contributed by atoms with E-state index in [0.29, 0.717) is 0 Å². The molecule has 0 bridgehead atoms. The van der Waals surface area contributed by atoms with Crippen molar-refractivity contribution in [2.24, 2.45) is 0 Å². The summed E-state index contributed by atoms with van der Waals surface area (Å²) in [5, 5.41) is 7.31. The molecule has 0 aliphatic rings. The molecule has 0 radical (unpaired) electrons. The van der Waals surface area contributed by atoms with Gasteiger partial charge in [-0.1, -0.05) is 0 Å². The summed E-state index contributed by atoms with van der Waals surface area (Å²) in [6.45, 7) is 2.56. The Bertz CT molecular complexity index is 30.6. The number of hydrogen-bond acceptors (Lipinski definition) is 1. The summed E-state index contributed by atoms with van der Waals surface area (Å²) in [6, 6.07) is 0. The van der Waals surface area contributed by atoms with E-state index in [-0.39, 0.29) is 27.3 Å². The molecule has 0 aromatic carbocycles. The van der Waals surface area contributed by atoms with Crippen molar-refractivity contribution in [2.75, 3.05) is 0 Å². The Hall–Kier alpha value is 0.262. The maximum absolute atomic E-state index is 8.89. The van der Waals surface area contributed by atoms with Gasteiger partial charge >= 0.3 is 0 Å². The van der Waals surface area contributed by atoms with Gasteiger partial charge < -0.3 is 5.11 Å². The second kappa shape index (κ2) is 4.26. The Balaban J connectivity index is 0. The van der Waals surface area contributed by atoms with Gasteiger partial charge in [-0.2, -0.15) is 0 Å². The van der Waals surface area contributed by atoms with Crippen LogP contribution in [0, 0.1) is 6.92 Å². The fourth-order valence-electron chi connectivity index (χ4n) is 0. The van der Waals surface area contributed by atoms with Gasteiger partial charge in [0.05, 0.1) is 0 Å². The van der Waals surface area contributed by atoms with E-state index in [4.69, 9.17) is 9.90 Å². The molecule has 0 aliphatic heterocycles. The second-order valence-corrected chi connectivity index (χ2v) is 0.394. The molecule has 0 fully saturated rings. The van der Waals surface area contributed by atoms with E-state index in [1.165, 1.54) is 0 Å². The molecule has 0 amide bonds. The van der Waals surface area contributed by atoms with E-state index in [0.717, 1.165) is 0 Å². The summed E-state index contributed by atoms with van der Waals surface area (Å²) >= 11 is 0. The Morgan fingerprint density at radius 2 is 1.80 bits per heavy atom. The average molecular weight is 171 g/mol. The molecule has 0 saturated heterocycles. The molecule has 0 aromatic heterocycles. The predicted molar refractivity (Wildman–Crippen MR) is 13.0 cm³/mol. The van der Waals surface area contributed by atoms with Crippen molar-refractivity contribution in [3.8, 4) is 0 Å². The molecule has 26 valence electrons. The van der Waals surface area contributed by atoms with Crippen LogP contribution in [0.15, 0.2) is 0 Å². The number of carboxylic acids is 1. The van der Waals surface area contributed by atoms with Gasteiger partial charge in [-0.25, -0.2) is 0 Å². The van der Waals surface area contributed by atoms with Crippen LogP contribution in [0.5, 0.6) is 0 Å². The molecule has 0 unspecified atom stereocenters. The second-order valence-electron chi connectivity index (χ2n) is 0.394. The Morgan fingerprint density at radius 1 is 1.80 bits per heavy atom. The van der Waals surface area contributed by atoms with Crippen LogP contribution in [-0.2, 0) is 32.1 Å². The van der Waals surface area contributed by atoms with Crippen molar-refractivity contribution in [2.45, 2.75) is 0 Å². The fourth-order valence-corrected chi connectivity index (χ4v) is 0. The third-order valence-electron chi connectivity index (χ3n) is 0. The van der Waals surface area contributed by atoms with Crippen LogP contribution in [0.25, 0.3) is 0 Å². The fraction of sp³-hybridized carbons (Fsp3) is 0. The zero-order valence-corrected chi connectivity index (χ0v) is 6.81. The molecule has 0 saturated carbocycles. The molecule has 3 heteroatoms. The maximum Gasteiger partial charge on any atom is 0.161 e. The minimum Gasteiger partial charge on any atom is -0.503 e. The number of carboxylic acid groups (broad SMARTS) is 1.